The molecule has 4 nitrogen and oxygen atoms in total. The molecule has 0 aromatic carbocycles. The number of hydrogen-bond acceptors (Lipinski definition) is 3. The predicted molar refractivity (Wildman–Crippen MR) is 46.7 cm³/mol. The Morgan fingerprint density at radius 1 is 1.82 bits per heavy atom. The molecule has 0 saturated carbocycles. The number of rotatable bonds is 1. The highest BCUT2D eigenvalue weighted by atomic mass is 32.2. The molecule has 1 heterocycles. The number of amides is 2. The largest absolute Gasteiger partial charge is 0.350 e. The zero-order valence-electron chi connectivity index (χ0n) is 6.41. The lowest BCUT2D eigenvalue weighted by molar-refractivity contribution is 0.220. The molecule has 1 saturated heterocycles. The van der Waals surface area contributed by atoms with Gasteiger partial charge in [-0.25, -0.2) is 9.80 Å². The van der Waals surface area contributed by atoms with E-state index in [-0.39, 0.29) is 0 Å². The molecule has 2 N–H and O–H groups in total. The van der Waals surface area contributed by atoms with Gasteiger partial charge in [-0.2, -0.15) is 16.9 Å². The number of carbonyl (C=O) groups excluding carboxylic acids is 1. The molecule has 0 aromatic heterocycles. The number of thioether (sulfide) groups is 1. The molecule has 0 radical (unpaired) electrons. The van der Waals surface area contributed by atoms with Crippen LogP contribution in [-0.4, -0.2) is 35.3 Å². The van der Waals surface area contributed by atoms with Gasteiger partial charge in [-0.3, -0.25) is 0 Å². The number of nitrogens with zero attached hydrogens (tertiary/aromatic N) is 2. The number of hydrogen-bond donors (Lipinski definition) is 1. The molecule has 1 rings (SSSR count). The van der Waals surface area contributed by atoms with E-state index >= 15 is 0 Å². The van der Waals surface area contributed by atoms with E-state index < -0.39 is 6.03 Å². The van der Waals surface area contributed by atoms with Crippen molar-refractivity contribution in [3.63, 3.8) is 0 Å². The van der Waals surface area contributed by atoms with Crippen molar-refractivity contribution in [2.24, 2.45) is 10.8 Å². The first-order valence-electron chi connectivity index (χ1n) is 3.37. The second kappa shape index (κ2) is 3.61. The maximum absolute atomic E-state index is 10.5. The second-order valence-corrected chi connectivity index (χ2v) is 3.44. The SMILES string of the molecule is CN(/N=C1/CCSC1)C(N)=O. The number of carbonyl (C=O) groups is 1. The van der Waals surface area contributed by atoms with Gasteiger partial charge >= 0.3 is 6.03 Å². The van der Waals surface area contributed by atoms with E-state index in [2.05, 4.69) is 5.10 Å². The van der Waals surface area contributed by atoms with Crippen LogP contribution in [0.3, 0.4) is 0 Å². The molecular weight excluding hydrogens is 162 g/mol. The molecule has 0 bridgehead atoms. The summed E-state index contributed by atoms with van der Waals surface area (Å²) in [4.78, 5) is 10.5. The van der Waals surface area contributed by atoms with E-state index in [1.807, 2.05) is 11.8 Å². The molecule has 0 spiro atoms. The summed E-state index contributed by atoms with van der Waals surface area (Å²) < 4.78 is 0. The van der Waals surface area contributed by atoms with Crippen molar-refractivity contribution in [3.05, 3.63) is 0 Å². The minimum atomic E-state index is -0.505. The van der Waals surface area contributed by atoms with Gasteiger partial charge in [-0.15, -0.1) is 0 Å². The van der Waals surface area contributed by atoms with E-state index in [9.17, 15) is 4.79 Å². The van der Waals surface area contributed by atoms with E-state index in [0.717, 1.165) is 23.6 Å². The van der Waals surface area contributed by atoms with Gasteiger partial charge in [0.1, 0.15) is 0 Å². The molecule has 1 fully saturated rings. The lowest BCUT2D eigenvalue weighted by Gasteiger charge is -2.07. The van der Waals surface area contributed by atoms with Gasteiger partial charge in [0.15, 0.2) is 0 Å². The summed E-state index contributed by atoms with van der Waals surface area (Å²) in [5, 5.41) is 5.21. The molecule has 0 aliphatic carbocycles. The minimum Gasteiger partial charge on any atom is -0.350 e. The van der Waals surface area contributed by atoms with Crippen LogP contribution in [0.4, 0.5) is 4.79 Å². The molecule has 1 aliphatic heterocycles. The fraction of sp³-hybridized carbons (Fsp3) is 0.667. The molecule has 62 valence electrons. The van der Waals surface area contributed by atoms with Crippen LogP contribution in [0.5, 0.6) is 0 Å². The summed E-state index contributed by atoms with van der Waals surface area (Å²) in [6.45, 7) is 0. The van der Waals surface area contributed by atoms with Crippen molar-refractivity contribution in [2.75, 3.05) is 18.6 Å². The molecule has 1 aliphatic rings. The summed E-state index contributed by atoms with van der Waals surface area (Å²) in [5.74, 6) is 2.03. The van der Waals surface area contributed by atoms with Crippen LogP contribution in [0.15, 0.2) is 5.10 Å². The van der Waals surface area contributed by atoms with E-state index in [1.165, 1.54) is 5.01 Å². The van der Waals surface area contributed by atoms with Gasteiger partial charge in [-0.05, 0) is 12.2 Å². The summed E-state index contributed by atoms with van der Waals surface area (Å²) in [6.07, 6.45) is 0.974. The third-order valence-electron chi connectivity index (χ3n) is 1.41. The number of urea groups is 1. The fourth-order valence-electron chi connectivity index (χ4n) is 0.792. The van der Waals surface area contributed by atoms with Crippen LogP contribution in [0, 0.1) is 0 Å². The lowest BCUT2D eigenvalue weighted by atomic mass is 10.3. The highest BCUT2D eigenvalue weighted by Crippen LogP contribution is 2.14. The zero-order valence-corrected chi connectivity index (χ0v) is 7.23. The topological polar surface area (TPSA) is 58.7 Å². The minimum absolute atomic E-state index is 0.505. The van der Waals surface area contributed by atoms with Gasteiger partial charge in [0.2, 0.25) is 0 Å². The summed E-state index contributed by atoms with van der Waals surface area (Å²) >= 11 is 1.83. The summed E-state index contributed by atoms with van der Waals surface area (Å²) in [7, 11) is 1.57. The monoisotopic (exact) mass is 173 g/mol. The van der Waals surface area contributed by atoms with Gasteiger partial charge in [0, 0.05) is 18.5 Å². The molecule has 0 unspecified atom stereocenters. The Kier molecular flexibility index (Phi) is 2.76. The molecule has 0 aromatic rings. The van der Waals surface area contributed by atoms with E-state index in [0.29, 0.717) is 0 Å². The van der Waals surface area contributed by atoms with Crippen molar-refractivity contribution in [1.82, 2.24) is 5.01 Å². The average Bonchev–Trinajstić information content (AvgIpc) is 2.39. The quantitative estimate of drug-likeness (QED) is 0.587. The highest BCUT2D eigenvalue weighted by molar-refractivity contribution is 8.00. The Morgan fingerprint density at radius 3 is 3.00 bits per heavy atom. The van der Waals surface area contributed by atoms with Crippen LogP contribution < -0.4 is 5.73 Å². The van der Waals surface area contributed by atoms with Gasteiger partial charge < -0.3 is 5.73 Å². The van der Waals surface area contributed by atoms with E-state index in [4.69, 9.17) is 5.73 Å². The summed E-state index contributed by atoms with van der Waals surface area (Å²) in [6, 6.07) is -0.505. The molecule has 2 amide bonds. The number of nitrogens with two attached hydrogens (primary N) is 1. The first-order valence-corrected chi connectivity index (χ1v) is 4.53. The molecule has 11 heavy (non-hydrogen) atoms. The van der Waals surface area contributed by atoms with Crippen molar-refractivity contribution in [2.45, 2.75) is 6.42 Å². The van der Waals surface area contributed by atoms with Crippen LogP contribution in [0.25, 0.3) is 0 Å². The van der Waals surface area contributed by atoms with Crippen LogP contribution in [0.2, 0.25) is 0 Å². The number of primary amides is 1. The first kappa shape index (κ1) is 8.39. The third-order valence-corrected chi connectivity index (χ3v) is 2.44. The van der Waals surface area contributed by atoms with E-state index in [1.54, 1.807) is 7.05 Å². The van der Waals surface area contributed by atoms with Crippen molar-refractivity contribution < 1.29 is 4.79 Å². The molecule has 0 atom stereocenters. The maximum Gasteiger partial charge on any atom is 0.334 e. The van der Waals surface area contributed by atoms with Crippen molar-refractivity contribution in [1.29, 1.82) is 0 Å². The van der Waals surface area contributed by atoms with Crippen molar-refractivity contribution in [3.8, 4) is 0 Å². The van der Waals surface area contributed by atoms with Gasteiger partial charge in [-0.1, -0.05) is 0 Å². The highest BCUT2D eigenvalue weighted by Gasteiger charge is 2.10. The first-order chi connectivity index (χ1) is 5.20. The second-order valence-electron chi connectivity index (χ2n) is 2.33. The molecule has 5 heteroatoms. The third kappa shape index (κ3) is 2.42. The van der Waals surface area contributed by atoms with Crippen LogP contribution >= 0.6 is 11.8 Å². The van der Waals surface area contributed by atoms with Crippen LogP contribution in [-0.2, 0) is 0 Å². The lowest BCUT2D eigenvalue weighted by Crippen LogP contribution is -2.28. The smallest absolute Gasteiger partial charge is 0.334 e. The number of hydrazone groups is 1. The Balaban J connectivity index is 2.49. The van der Waals surface area contributed by atoms with Crippen molar-refractivity contribution >= 4 is 23.5 Å². The Labute approximate surface area is 69.8 Å². The standard InChI is InChI=1S/C6H11N3OS/c1-9(6(7)10)8-5-2-3-11-4-5/h2-4H2,1H3,(H2,7,10)/b8-5-. The van der Waals surface area contributed by atoms with Crippen LogP contribution in [0.1, 0.15) is 6.42 Å². The Bertz CT molecular complexity index is 184. The predicted octanol–water partition coefficient (Wildman–Crippen LogP) is 0.490. The zero-order chi connectivity index (χ0) is 8.27. The normalized spacial score (nSPS) is 20.6. The van der Waals surface area contributed by atoms with Gasteiger partial charge in [0.25, 0.3) is 0 Å². The maximum atomic E-state index is 10.5. The molecular formula is C6H11N3OS. The fourth-order valence-corrected chi connectivity index (χ4v) is 1.75. The Hall–Kier alpha value is -0.710. The average molecular weight is 173 g/mol. The Morgan fingerprint density at radius 2 is 2.55 bits per heavy atom. The van der Waals surface area contributed by atoms with Gasteiger partial charge in [0.05, 0.1) is 0 Å². The summed E-state index contributed by atoms with van der Waals surface area (Å²) in [5.41, 5.74) is 6.04.